The number of fused-ring (bicyclic) bond motifs is 1. The van der Waals surface area contributed by atoms with Crippen LogP contribution in [0.15, 0.2) is 23.2 Å². The number of amides is 1. The largest absolute Gasteiger partial charge is 0.315 e. The lowest BCUT2D eigenvalue weighted by molar-refractivity contribution is -0.117. The van der Waals surface area contributed by atoms with E-state index in [0.29, 0.717) is 6.42 Å². The van der Waals surface area contributed by atoms with Crippen molar-refractivity contribution >= 4 is 34.7 Å². The third-order valence-electron chi connectivity index (χ3n) is 2.31. The number of likely N-dealkylation sites (N-methyl/N-ethyl adjacent to an activating group) is 1. The quantitative estimate of drug-likeness (QED) is 0.517. The minimum atomic E-state index is 0.114. The molecule has 1 aromatic rings. The lowest BCUT2D eigenvalue weighted by atomic mass is 10.1. The van der Waals surface area contributed by atoms with Gasteiger partial charge in [0.15, 0.2) is 0 Å². The number of carbonyl (C=O) groups is 1. The molecule has 0 N–H and O–H groups in total. The molecule has 70 valence electrons. The molecule has 1 heterocycles. The highest BCUT2D eigenvalue weighted by atomic mass is 32.1. The molecule has 0 aliphatic carbocycles. The summed E-state index contributed by atoms with van der Waals surface area (Å²) in [5, 5.41) is 2.31. The van der Waals surface area contributed by atoms with Gasteiger partial charge < -0.3 is 4.90 Å². The van der Waals surface area contributed by atoms with Crippen molar-refractivity contribution in [3.05, 3.63) is 23.8 Å². The van der Waals surface area contributed by atoms with E-state index in [1.54, 1.807) is 11.9 Å². The molecule has 0 atom stereocenters. The van der Waals surface area contributed by atoms with Crippen LogP contribution in [0.4, 0.5) is 11.4 Å². The molecular weight excluding hydrogens is 196 g/mol. The zero-order valence-electron chi connectivity index (χ0n) is 7.65. The fraction of sp³-hybridized carbons (Fsp3) is 0.200. The predicted molar refractivity (Wildman–Crippen MR) is 58.2 cm³/mol. The maximum absolute atomic E-state index is 11.4. The molecule has 14 heavy (non-hydrogen) atoms. The van der Waals surface area contributed by atoms with Gasteiger partial charge in [-0.3, -0.25) is 4.79 Å². The van der Waals surface area contributed by atoms with Crippen LogP contribution in [0, 0.1) is 0 Å². The lowest BCUT2D eigenvalue weighted by Crippen LogP contribution is -2.20. The summed E-state index contributed by atoms with van der Waals surface area (Å²) < 4.78 is 0. The van der Waals surface area contributed by atoms with Crippen molar-refractivity contribution in [2.75, 3.05) is 11.9 Å². The van der Waals surface area contributed by atoms with Gasteiger partial charge in [-0.05, 0) is 36.0 Å². The summed E-state index contributed by atoms with van der Waals surface area (Å²) >= 11 is 4.51. The van der Waals surface area contributed by atoms with Crippen LogP contribution in [-0.2, 0) is 11.2 Å². The molecule has 0 radical (unpaired) electrons. The zero-order valence-corrected chi connectivity index (χ0v) is 8.47. The number of isothiocyanates is 1. The molecule has 0 unspecified atom stereocenters. The molecule has 0 fully saturated rings. The number of nitrogens with zero attached hydrogens (tertiary/aromatic N) is 2. The molecule has 1 aromatic carbocycles. The topological polar surface area (TPSA) is 32.7 Å². The summed E-state index contributed by atoms with van der Waals surface area (Å²) in [5.74, 6) is 0.114. The molecule has 0 spiro atoms. The third-order valence-corrected chi connectivity index (χ3v) is 2.41. The molecular formula is C10H8N2OS. The molecule has 0 bridgehead atoms. The summed E-state index contributed by atoms with van der Waals surface area (Å²) in [6.45, 7) is 0. The number of carbonyl (C=O) groups excluding carboxylic acids is 1. The van der Waals surface area contributed by atoms with E-state index in [2.05, 4.69) is 22.4 Å². The number of rotatable bonds is 1. The number of anilines is 1. The second-order valence-electron chi connectivity index (χ2n) is 3.15. The lowest BCUT2D eigenvalue weighted by Gasteiger charge is -2.09. The van der Waals surface area contributed by atoms with Crippen molar-refractivity contribution in [1.29, 1.82) is 0 Å². The molecule has 0 aromatic heterocycles. The van der Waals surface area contributed by atoms with E-state index >= 15 is 0 Å². The van der Waals surface area contributed by atoms with E-state index in [-0.39, 0.29) is 5.91 Å². The Kier molecular flexibility index (Phi) is 2.15. The molecule has 1 amide bonds. The Hall–Kier alpha value is -1.51. The van der Waals surface area contributed by atoms with Crippen molar-refractivity contribution in [2.24, 2.45) is 4.99 Å². The molecule has 1 aliphatic rings. The summed E-state index contributed by atoms with van der Waals surface area (Å²) in [7, 11) is 1.77. The van der Waals surface area contributed by atoms with Gasteiger partial charge in [0.1, 0.15) is 0 Å². The first kappa shape index (κ1) is 9.06. The minimum Gasteiger partial charge on any atom is -0.315 e. The fourth-order valence-corrected chi connectivity index (χ4v) is 1.68. The molecule has 2 rings (SSSR count). The standard InChI is InChI=1S/C10H8N2OS/c1-12-9-3-2-8(11-6-14)4-7(9)5-10(12)13/h2-4H,5H2,1H3. The predicted octanol–water partition coefficient (Wildman–Crippen LogP) is 1.94. The number of aliphatic imine (C=N–C) groups is 1. The van der Waals surface area contributed by atoms with Crippen LogP contribution in [0.2, 0.25) is 0 Å². The Morgan fingerprint density at radius 3 is 3.07 bits per heavy atom. The highest BCUT2D eigenvalue weighted by Gasteiger charge is 2.23. The van der Waals surface area contributed by atoms with Gasteiger partial charge in [-0.25, -0.2) is 0 Å². The number of benzene rings is 1. The van der Waals surface area contributed by atoms with Crippen LogP contribution in [0.5, 0.6) is 0 Å². The number of thiocarbonyl (C=S) groups is 1. The van der Waals surface area contributed by atoms with Crippen molar-refractivity contribution in [3.63, 3.8) is 0 Å². The van der Waals surface area contributed by atoms with Gasteiger partial charge in [-0.2, -0.15) is 4.99 Å². The van der Waals surface area contributed by atoms with E-state index in [1.807, 2.05) is 18.2 Å². The molecule has 0 saturated carbocycles. The van der Waals surface area contributed by atoms with Gasteiger partial charge in [-0.1, -0.05) is 0 Å². The van der Waals surface area contributed by atoms with E-state index in [9.17, 15) is 4.79 Å². The first-order valence-corrected chi connectivity index (χ1v) is 4.60. The van der Waals surface area contributed by atoms with Crippen molar-refractivity contribution in [3.8, 4) is 0 Å². The average molecular weight is 204 g/mol. The van der Waals surface area contributed by atoms with E-state index in [4.69, 9.17) is 0 Å². The van der Waals surface area contributed by atoms with Crippen molar-refractivity contribution < 1.29 is 4.79 Å². The summed E-state index contributed by atoms with van der Waals surface area (Å²) in [6.07, 6.45) is 0.451. The van der Waals surface area contributed by atoms with Gasteiger partial charge in [0.2, 0.25) is 5.91 Å². The highest BCUT2D eigenvalue weighted by molar-refractivity contribution is 7.78. The first-order chi connectivity index (χ1) is 6.72. The Bertz CT molecular complexity index is 449. The molecule has 0 saturated heterocycles. The van der Waals surface area contributed by atoms with Crippen LogP contribution in [-0.4, -0.2) is 18.1 Å². The number of hydrogen-bond donors (Lipinski definition) is 0. The fourth-order valence-electron chi connectivity index (χ4n) is 1.58. The Labute approximate surface area is 87.1 Å². The maximum Gasteiger partial charge on any atom is 0.231 e. The Morgan fingerprint density at radius 1 is 1.57 bits per heavy atom. The van der Waals surface area contributed by atoms with Gasteiger partial charge in [-0.15, -0.1) is 0 Å². The van der Waals surface area contributed by atoms with Crippen LogP contribution in [0.3, 0.4) is 0 Å². The first-order valence-electron chi connectivity index (χ1n) is 4.20. The van der Waals surface area contributed by atoms with Gasteiger partial charge in [0.25, 0.3) is 0 Å². The SMILES string of the molecule is CN1C(=O)Cc2cc(N=C=S)ccc21. The van der Waals surface area contributed by atoms with Crippen molar-refractivity contribution in [2.45, 2.75) is 6.42 Å². The van der Waals surface area contributed by atoms with E-state index in [0.717, 1.165) is 16.9 Å². The second-order valence-corrected chi connectivity index (χ2v) is 3.33. The van der Waals surface area contributed by atoms with Crippen LogP contribution in [0.1, 0.15) is 5.56 Å². The maximum atomic E-state index is 11.4. The third kappa shape index (κ3) is 1.35. The van der Waals surface area contributed by atoms with E-state index in [1.165, 1.54) is 0 Å². The Morgan fingerprint density at radius 2 is 2.36 bits per heavy atom. The van der Waals surface area contributed by atoms with Gasteiger partial charge in [0.05, 0.1) is 17.3 Å². The zero-order chi connectivity index (χ0) is 10.1. The summed E-state index contributed by atoms with van der Waals surface area (Å²) in [6, 6.07) is 5.58. The summed E-state index contributed by atoms with van der Waals surface area (Å²) in [5.41, 5.74) is 2.71. The van der Waals surface area contributed by atoms with Crippen LogP contribution >= 0.6 is 12.2 Å². The Balaban J connectivity index is 2.49. The highest BCUT2D eigenvalue weighted by Crippen LogP contribution is 2.30. The number of hydrogen-bond acceptors (Lipinski definition) is 3. The van der Waals surface area contributed by atoms with E-state index < -0.39 is 0 Å². The monoisotopic (exact) mass is 204 g/mol. The van der Waals surface area contributed by atoms with Gasteiger partial charge >= 0.3 is 0 Å². The summed E-state index contributed by atoms with van der Waals surface area (Å²) in [4.78, 5) is 16.9. The molecule has 3 nitrogen and oxygen atoms in total. The molecule has 1 aliphatic heterocycles. The minimum absolute atomic E-state index is 0.114. The van der Waals surface area contributed by atoms with Crippen LogP contribution < -0.4 is 4.90 Å². The van der Waals surface area contributed by atoms with Crippen LogP contribution in [0.25, 0.3) is 0 Å². The molecule has 4 heteroatoms. The normalized spacial score (nSPS) is 13.8. The average Bonchev–Trinajstić information content (AvgIpc) is 2.43. The van der Waals surface area contributed by atoms with Gasteiger partial charge in [0, 0.05) is 12.7 Å². The smallest absolute Gasteiger partial charge is 0.231 e. The van der Waals surface area contributed by atoms with Crippen molar-refractivity contribution in [1.82, 2.24) is 0 Å². The second kappa shape index (κ2) is 3.33.